The van der Waals surface area contributed by atoms with Crippen molar-refractivity contribution < 1.29 is 9.13 Å². The number of benzene rings is 1. The number of rotatable bonds is 5. The smallest absolute Gasteiger partial charge is 0.123 e. The van der Waals surface area contributed by atoms with E-state index >= 15 is 0 Å². The molecule has 114 valence electrons. The Morgan fingerprint density at radius 1 is 1.40 bits per heavy atom. The van der Waals surface area contributed by atoms with Crippen molar-refractivity contribution in [3.63, 3.8) is 0 Å². The van der Waals surface area contributed by atoms with E-state index in [9.17, 15) is 4.39 Å². The molecular formula is C14H21BrClFN2O. The first-order valence-corrected chi connectivity index (χ1v) is 7.39. The Morgan fingerprint density at radius 3 is 2.70 bits per heavy atom. The highest BCUT2D eigenvalue weighted by Gasteiger charge is 2.24. The summed E-state index contributed by atoms with van der Waals surface area (Å²) in [4.78, 5) is 2.33. The van der Waals surface area contributed by atoms with E-state index in [4.69, 9.17) is 4.74 Å². The normalized spacial score (nSPS) is 17.4. The lowest BCUT2D eigenvalue weighted by atomic mass is 10.0. The van der Waals surface area contributed by atoms with Crippen LogP contribution in [0.2, 0.25) is 0 Å². The van der Waals surface area contributed by atoms with Crippen LogP contribution in [-0.4, -0.2) is 44.9 Å². The summed E-state index contributed by atoms with van der Waals surface area (Å²) in [7, 11) is 1.66. The van der Waals surface area contributed by atoms with Crippen LogP contribution < -0.4 is 10.1 Å². The second kappa shape index (κ2) is 8.82. The third kappa shape index (κ3) is 4.32. The Balaban J connectivity index is 0.00000200. The van der Waals surface area contributed by atoms with Crippen LogP contribution in [0.3, 0.4) is 0 Å². The van der Waals surface area contributed by atoms with Crippen molar-refractivity contribution in [3.8, 4) is 5.75 Å². The number of nitrogens with one attached hydrogen (secondary N) is 1. The molecule has 1 aromatic carbocycles. The molecule has 0 saturated carbocycles. The fourth-order valence-electron chi connectivity index (χ4n) is 2.60. The highest BCUT2D eigenvalue weighted by Crippen LogP contribution is 2.34. The van der Waals surface area contributed by atoms with Gasteiger partial charge in [-0.25, -0.2) is 0 Å². The predicted octanol–water partition coefficient (Wildman–Crippen LogP) is 3.19. The molecule has 2 rings (SSSR count). The highest BCUT2D eigenvalue weighted by atomic mass is 79.9. The van der Waals surface area contributed by atoms with E-state index in [0.29, 0.717) is 6.42 Å². The summed E-state index contributed by atoms with van der Waals surface area (Å²) in [5.41, 5.74) is 1.07. The van der Waals surface area contributed by atoms with Gasteiger partial charge in [-0.3, -0.25) is 9.29 Å². The zero-order valence-electron chi connectivity index (χ0n) is 11.6. The van der Waals surface area contributed by atoms with Crippen molar-refractivity contribution in [1.29, 1.82) is 0 Å². The number of piperazine rings is 1. The van der Waals surface area contributed by atoms with Crippen LogP contribution in [-0.2, 0) is 0 Å². The van der Waals surface area contributed by atoms with Gasteiger partial charge in [0.2, 0.25) is 0 Å². The largest absolute Gasteiger partial charge is 0.496 e. The van der Waals surface area contributed by atoms with Crippen LogP contribution in [0.4, 0.5) is 4.39 Å². The molecule has 0 aliphatic carbocycles. The van der Waals surface area contributed by atoms with Crippen molar-refractivity contribution in [3.05, 3.63) is 28.2 Å². The SMILES string of the molecule is COc1ccc(Br)cc1[C@@H](CCF)N1CCNCC1.Cl. The summed E-state index contributed by atoms with van der Waals surface area (Å²) in [5.74, 6) is 0.834. The molecule has 0 spiro atoms. The Labute approximate surface area is 134 Å². The quantitative estimate of drug-likeness (QED) is 0.865. The fraction of sp³-hybridized carbons (Fsp3) is 0.571. The molecule has 1 heterocycles. The van der Waals surface area contributed by atoms with E-state index in [1.54, 1.807) is 7.11 Å². The molecule has 0 aromatic heterocycles. The molecule has 1 atom stereocenters. The molecule has 0 unspecified atom stereocenters. The molecule has 0 bridgehead atoms. The van der Waals surface area contributed by atoms with Gasteiger partial charge in [0.25, 0.3) is 0 Å². The minimum absolute atomic E-state index is 0. The molecule has 20 heavy (non-hydrogen) atoms. The molecule has 1 aliphatic rings. The second-order valence-electron chi connectivity index (χ2n) is 4.67. The number of methoxy groups -OCH3 is 1. The minimum atomic E-state index is -0.315. The van der Waals surface area contributed by atoms with Crippen molar-refractivity contribution in [2.75, 3.05) is 40.0 Å². The lowest BCUT2D eigenvalue weighted by Crippen LogP contribution is -2.45. The molecule has 1 N–H and O–H groups in total. The average molecular weight is 368 g/mol. The van der Waals surface area contributed by atoms with Crippen molar-refractivity contribution in [2.45, 2.75) is 12.5 Å². The van der Waals surface area contributed by atoms with Crippen LogP contribution in [0.25, 0.3) is 0 Å². The monoisotopic (exact) mass is 366 g/mol. The van der Waals surface area contributed by atoms with Gasteiger partial charge < -0.3 is 10.1 Å². The number of halogens is 3. The Kier molecular flexibility index (Phi) is 7.80. The maximum Gasteiger partial charge on any atom is 0.123 e. The van der Waals surface area contributed by atoms with Gasteiger partial charge in [-0.05, 0) is 24.6 Å². The first kappa shape index (κ1) is 17.7. The zero-order valence-corrected chi connectivity index (χ0v) is 14.0. The van der Waals surface area contributed by atoms with Gasteiger partial charge in [-0.15, -0.1) is 12.4 Å². The van der Waals surface area contributed by atoms with Crippen LogP contribution in [0, 0.1) is 0 Å². The molecule has 1 fully saturated rings. The lowest BCUT2D eigenvalue weighted by Gasteiger charge is -2.35. The van der Waals surface area contributed by atoms with Crippen molar-refractivity contribution >= 4 is 28.3 Å². The summed E-state index contributed by atoms with van der Waals surface area (Å²) in [6.45, 7) is 3.49. The maximum absolute atomic E-state index is 12.9. The predicted molar refractivity (Wildman–Crippen MR) is 85.7 cm³/mol. The Hall–Kier alpha value is -0.360. The maximum atomic E-state index is 12.9. The molecule has 1 saturated heterocycles. The van der Waals surface area contributed by atoms with Gasteiger partial charge in [0, 0.05) is 42.3 Å². The summed E-state index contributed by atoms with van der Waals surface area (Å²) in [6.07, 6.45) is 0.507. The van der Waals surface area contributed by atoms with Crippen LogP contribution in [0.5, 0.6) is 5.75 Å². The van der Waals surface area contributed by atoms with Gasteiger partial charge in [0.15, 0.2) is 0 Å². The molecule has 6 heteroatoms. The van der Waals surface area contributed by atoms with Gasteiger partial charge in [-0.2, -0.15) is 0 Å². The van der Waals surface area contributed by atoms with Gasteiger partial charge in [-0.1, -0.05) is 15.9 Å². The lowest BCUT2D eigenvalue weighted by molar-refractivity contribution is 0.155. The topological polar surface area (TPSA) is 24.5 Å². The average Bonchev–Trinajstić information content (AvgIpc) is 2.45. The summed E-state index contributed by atoms with van der Waals surface area (Å²) >= 11 is 3.49. The standard InChI is InChI=1S/C14H20BrFN2O.ClH/c1-19-14-3-2-11(15)10-12(14)13(4-5-16)18-8-6-17-7-9-18;/h2-3,10,13,17H,4-9H2,1H3;1H/t13-;/m1./s1. The third-order valence-electron chi connectivity index (χ3n) is 3.53. The summed E-state index contributed by atoms with van der Waals surface area (Å²) in [6, 6.07) is 6.01. The summed E-state index contributed by atoms with van der Waals surface area (Å²) < 4.78 is 19.4. The third-order valence-corrected chi connectivity index (χ3v) is 4.02. The van der Waals surface area contributed by atoms with Gasteiger partial charge in [0.05, 0.1) is 13.8 Å². The van der Waals surface area contributed by atoms with E-state index in [2.05, 4.69) is 26.1 Å². The molecule has 0 radical (unpaired) electrons. The molecule has 1 aromatic rings. The second-order valence-corrected chi connectivity index (χ2v) is 5.58. The highest BCUT2D eigenvalue weighted by molar-refractivity contribution is 9.10. The van der Waals surface area contributed by atoms with E-state index in [0.717, 1.165) is 42.0 Å². The Bertz CT molecular complexity index is 416. The van der Waals surface area contributed by atoms with Gasteiger partial charge in [0.1, 0.15) is 5.75 Å². The van der Waals surface area contributed by atoms with Crippen LogP contribution in [0.15, 0.2) is 22.7 Å². The van der Waals surface area contributed by atoms with E-state index in [1.165, 1.54) is 0 Å². The molecule has 1 aliphatic heterocycles. The number of alkyl halides is 1. The number of hydrogen-bond donors (Lipinski definition) is 1. The molecule has 0 amide bonds. The molecular weight excluding hydrogens is 347 g/mol. The van der Waals surface area contributed by atoms with E-state index in [1.807, 2.05) is 18.2 Å². The van der Waals surface area contributed by atoms with E-state index in [-0.39, 0.29) is 25.1 Å². The van der Waals surface area contributed by atoms with Gasteiger partial charge >= 0.3 is 0 Å². The molecule has 3 nitrogen and oxygen atoms in total. The number of nitrogens with zero attached hydrogens (tertiary/aromatic N) is 1. The van der Waals surface area contributed by atoms with Crippen molar-refractivity contribution in [1.82, 2.24) is 10.2 Å². The zero-order chi connectivity index (χ0) is 13.7. The summed E-state index contributed by atoms with van der Waals surface area (Å²) in [5, 5.41) is 3.33. The first-order valence-electron chi connectivity index (χ1n) is 6.60. The Morgan fingerprint density at radius 2 is 2.10 bits per heavy atom. The number of hydrogen-bond acceptors (Lipinski definition) is 3. The van der Waals surface area contributed by atoms with Crippen LogP contribution >= 0.6 is 28.3 Å². The minimum Gasteiger partial charge on any atom is -0.496 e. The fourth-order valence-corrected chi connectivity index (χ4v) is 2.98. The van der Waals surface area contributed by atoms with E-state index < -0.39 is 0 Å². The number of ether oxygens (including phenoxy) is 1. The van der Waals surface area contributed by atoms with Crippen LogP contribution in [0.1, 0.15) is 18.0 Å². The van der Waals surface area contributed by atoms with Crippen molar-refractivity contribution in [2.24, 2.45) is 0 Å². The first-order chi connectivity index (χ1) is 9.26.